The van der Waals surface area contributed by atoms with E-state index in [0.29, 0.717) is 16.6 Å². The van der Waals surface area contributed by atoms with Crippen molar-refractivity contribution in [2.75, 3.05) is 11.6 Å². The van der Waals surface area contributed by atoms with Gasteiger partial charge in [0.2, 0.25) is 0 Å². The van der Waals surface area contributed by atoms with Crippen molar-refractivity contribution in [2.24, 2.45) is 5.29 Å². The average Bonchev–Trinajstić information content (AvgIpc) is 2.30. The monoisotopic (exact) mass is 241 g/mol. The van der Waals surface area contributed by atoms with Crippen LogP contribution in [0.5, 0.6) is 0 Å². The van der Waals surface area contributed by atoms with Gasteiger partial charge in [0.05, 0.1) is 16.0 Å². The molecule has 1 aromatic rings. The van der Waals surface area contributed by atoms with Crippen LogP contribution in [0.3, 0.4) is 0 Å². The van der Waals surface area contributed by atoms with E-state index in [4.69, 9.17) is 11.6 Å². The highest BCUT2D eigenvalue weighted by Crippen LogP contribution is 2.25. The summed E-state index contributed by atoms with van der Waals surface area (Å²) in [5.41, 5.74) is 0.271. The maximum Gasteiger partial charge on any atom is 0.345 e. The smallest absolute Gasteiger partial charge is 0.336 e. The minimum Gasteiger partial charge on any atom is -0.336 e. The summed E-state index contributed by atoms with van der Waals surface area (Å²) in [5.74, 6) is 0. The topological polar surface area (TPSA) is 61.8 Å². The second kappa shape index (κ2) is 6.07. The maximum atomic E-state index is 11.5. The fourth-order valence-electron chi connectivity index (χ4n) is 1.12. The molecule has 0 bridgehead atoms. The molecule has 6 heteroatoms. The van der Waals surface area contributed by atoms with Crippen molar-refractivity contribution in [3.8, 4) is 0 Å². The van der Waals surface area contributed by atoms with Crippen molar-refractivity contribution in [1.82, 2.24) is 5.32 Å². The summed E-state index contributed by atoms with van der Waals surface area (Å²) in [5, 5.41) is 6.21. The minimum atomic E-state index is -0.579. The average molecular weight is 242 g/mol. The highest BCUT2D eigenvalue weighted by molar-refractivity contribution is 6.33. The van der Waals surface area contributed by atoms with E-state index in [-0.39, 0.29) is 5.69 Å². The fourth-order valence-corrected chi connectivity index (χ4v) is 1.34. The van der Waals surface area contributed by atoms with Gasteiger partial charge in [-0.15, -0.1) is 9.92 Å². The third kappa shape index (κ3) is 2.93. The summed E-state index contributed by atoms with van der Waals surface area (Å²) in [4.78, 5) is 22.2. The molecule has 0 saturated heterocycles. The van der Waals surface area contributed by atoms with Crippen molar-refractivity contribution < 1.29 is 4.79 Å². The van der Waals surface area contributed by atoms with E-state index in [0.717, 1.165) is 6.42 Å². The number of halogens is 1. The van der Waals surface area contributed by atoms with E-state index in [9.17, 15) is 9.70 Å². The third-order valence-electron chi connectivity index (χ3n) is 1.88. The molecule has 0 spiro atoms. The molecule has 86 valence electrons. The predicted octanol–water partition coefficient (Wildman–Crippen LogP) is 2.95. The first-order valence-electron chi connectivity index (χ1n) is 4.86. The van der Waals surface area contributed by atoms with E-state index in [2.05, 4.69) is 10.6 Å². The molecule has 0 aromatic heterocycles. The molecule has 0 aliphatic carbocycles. The van der Waals surface area contributed by atoms with Crippen molar-refractivity contribution in [1.29, 1.82) is 0 Å². The highest BCUT2D eigenvalue weighted by atomic mass is 35.5. The van der Waals surface area contributed by atoms with Crippen LogP contribution in [-0.4, -0.2) is 12.6 Å². The van der Waals surface area contributed by atoms with Crippen LogP contribution in [0.4, 0.5) is 10.5 Å². The molecular weight excluding hydrogens is 230 g/mol. The second-order valence-electron chi connectivity index (χ2n) is 3.08. The molecule has 0 saturated carbocycles. The standard InChI is InChI=1S/C10H12ClN3O2/c1-2-7-12-10(15)14(13-16)9-6-4-3-5-8(9)11/h3-6H,2,7H2,1H3,(H,12,15). The molecule has 1 rings (SSSR count). The number of para-hydroxylation sites is 1. The van der Waals surface area contributed by atoms with E-state index >= 15 is 0 Å². The summed E-state index contributed by atoms with van der Waals surface area (Å²) < 4.78 is 0. The zero-order valence-corrected chi connectivity index (χ0v) is 9.57. The Morgan fingerprint density at radius 2 is 2.19 bits per heavy atom. The number of anilines is 1. The van der Waals surface area contributed by atoms with E-state index < -0.39 is 6.03 Å². The van der Waals surface area contributed by atoms with E-state index in [1.807, 2.05) is 6.92 Å². The van der Waals surface area contributed by atoms with Gasteiger partial charge in [-0.25, -0.2) is 4.79 Å². The lowest BCUT2D eigenvalue weighted by molar-refractivity contribution is 0.246. The Bertz CT molecular complexity index is 384. The lowest BCUT2D eigenvalue weighted by Gasteiger charge is -2.14. The SMILES string of the molecule is CCCNC(=O)N(N=O)c1ccccc1Cl. The number of rotatable bonds is 4. The van der Waals surface area contributed by atoms with Crippen LogP contribution in [0.25, 0.3) is 0 Å². The maximum absolute atomic E-state index is 11.5. The lowest BCUT2D eigenvalue weighted by Crippen LogP contribution is -2.36. The Kier molecular flexibility index (Phi) is 4.72. The number of hydrogen-bond donors (Lipinski definition) is 1. The normalized spacial score (nSPS) is 9.62. The van der Waals surface area contributed by atoms with Crippen molar-refractivity contribution in [3.05, 3.63) is 34.2 Å². The van der Waals surface area contributed by atoms with Gasteiger partial charge in [-0.3, -0.25) is 0 Å². The Hall–Kier alpha value is -1.62. The Morgan fingerprint density at radius 1 is 1.50 bits per heavy atom. The van der Waals surface area contributed by atoms with Crippen LogP contribution in [0.2, 0.25) is 5.02 Å². The van der Waals surface area contributed by atoms with Gasteiger partial charge in [0.15, 0.2) is 0 Å². The first kappa shape index (κ1) is 12.4. The predicted molar refractivity (Wildman–Crippen MR) is 63.4 cm³/mol. The molecular formula is C10H12ClN3O2. The zero-order valence-electron chi connectivity index (χ0n) is 8.81. The molecule has 0 aliphatic rings. The zero-order chi connectivity index (χ0) is 12.0. The van der Waals surface area contributed by atoms with Gasteiger partial charge < -0.3 is 5.32 Å². The van der Waals surface area contributed by atoms with Crippen LogP contribution in [-0.2, 0) is 0 Å². The number of nitroso groups, excluding NO2 is 1. The lowest BCUT2D eigenvalue weighted by atomic mass is 10.3. The number of hydrogen-bond acceptors (Lipinski definition) is 3. The molecule has 2 amide bonds. The number of carbonyl (C=O) groups excluding carboxylic acids is 1. The van der Waals surface area contributed by atoms with Crippen molar-refractivity contribution >= 4 is 23.3 Å². The number of amides is 2. The summed E-state index contributed by atoms with van der Waals surface area (Å²) in [6.07, 6.45) is 0.779. The number of benzene rings is 1. The first-order chi connectivity index (χ1) is 7.70. The van der Waals surface area contributed by atoms with Gasteiger partial charge in [0.1, 0.15) is 0 Å². The van der Waals surface area contributed by atoms with Gasteiger partial charge in [-0.2, -0.15) is 0 Å². The third-order valence-corrected chi connectivity index (χ3v) is 2.20. The van der Waals surface area contributed by atoms with Crippen molar-refractivity contribution in [2.45, 2.75) is 13.3 Å². The fraction of sp³-hybridized carbons (Fsp3) is 0.300. The minimum absolute atomic E-state index is 0.271. The number of nitrogens with zero attached hydrogens (tertiary/aromatic N) is 2. The highest BCUT2D eigenvalue weighted by Gasteiger charge is 2.18. The Balaban J connectivity index is 2.86. The van der Waals surface area contributed by atoms with Crippen LogP contribution >= 0.6 is 11.6 Å². The molecule has 1 N–H and O–H groups in total. The van der Waals surface area contributed by atoms with Gasteiger partial charge in [0.25, 0.3) is 0 Å². The van der Waals surface area contributed by atoms with Gasteiger partial charge in [0, 0.05) is 6.54 Å². The number of carbonyl (C=O) groups is 1. The van der Waals surface area contributed by atoms with Gasteiger partial charge in [-0.05, 0) is 18.6 Å². The molecule has 0 heterocycles. The summed E-state index contributed by atoms with van der Waals surface area (Å²) in [6.45, 7) is 2.39. The van der Waals surface area contributed by atoms with Crippen LogP contribution in [0.1, 0.15) is 13.3 Å². The van der Waals surface area contributed by atoms with Crippen molar-refractivity contribution in [3.63, 3.8) is 0 Å². The Morgan fingerprint density at radius 3 is 2.75 bits per heavy atom. The molecule has 0 unspecified atom stereocenters. The van der Waals surface area contributed by atoms with Gasteiger partial charge >= 0.3 is 6.03 Å². The van der Waals surface area contributed by atoms with Crippen LogP contribution in [0, 0.1) is 4.91 Å². The van der Waals surface area contributed by atoms with Gasteiger partial charge in [-0.1, -0.05) is 30.7 Å². The first-order valence-corrected chi connectivity index (χ1v) is 5.24. The molecule has 0 atom stereocenters. The largest absolute Gasteiger partial charge is 0.345 e. The molecule has 0 radical (unpaired) electrons. The summed E-state index contributed by atoms with van der Waals surface area (Å²) in [6, 6.07) is 5.94. The summed E-state index contributed by atoms with van der Waals surface area (Å²) in [7, 11) is 0. The molecule has 0 fully saturated rings. The number of urea groups is 1. The van der Waals surface area contributed by atoms with Crippen LogP contribution < -0.4 is 10.3 Å². The summed E-state index contributed by atoms with van der Waals surface area (Å²) >= 11 is 5.86. The second-order valence-corrected chi connectivity index (χ2v) is 3.48. The molecule has 16 heavy (non-hydrogen) atoms. The quantitative estimate of drug-likeness (QED) is 0.651. The molecule has 1 aromatic carbocycles. The Labute approximate surface area is 98.3 Å². The van der Waals surface area contributed by atoms with E-state index in [1.165, 1.54) is 0 Å². The van der Waals surface area contributed by atoms with Crippen LogP contribution in [0.15, 0.2) is 29.6 Å². The number of nitrogens with one attached hydrogen (secondary N) is 1. The molecule has 0 aliphatic heterocycles. The van der Waals surface area contributed by atoms with E-state index in [1.54, 1.807) is 24.3 Å². The molecule has 5 nitrogen and oxygen atoms in total.